The quantitative estimate of drug-likeness (QED) is 0.777. The lowest BCUT2D eigenvalue weighted by Crippen LogP contribution is -2.12. The first-order chi connectivity index (χ1) is 6.19. The van der Waals surface area contributed by atoms with Gasteiger partial charge in [0.25, 0.3) is 0 Å². The molecule has 74 valence electrons. The van der Waals surface area contributed by atoms with E-state index in [0.717, 1.165) is 18.1 Å². The first-order valence-electron chi connectivity index (χ1n) is 4.81. The predicted molar refractivity (Wildman–Crippen MR) is 52.7 cm³/mol. The van der Waals surface area contributed by atoms with Crippen LogP contribution in [-0.2, 0) is 0 Å². The fourth-order valence-electron chi connectivity index (χ4n) is 1.05. The van der Waals surface area contributed by atoms with Gasteiger partial charge >= 0.3 is 0 Å². The van der Waals surface area contributed by atoms with Crippen LogP contribution in [0.3, 0.4) is 0 Å². The molecule has 3 heteroatoms. The topological polar surface area (TPSA) is 38.1 Å². The summed E-state index contributed by atoms with van der Waals surface area (Å²) in [5.41, 5.74) is 0. The van der Waals surface area contributed by atoms with Gasteiger partial charge in [-0.25, -0.2) is 4.98 Å². The third-order valence-corrected chi connectivity index (χ3v) is 2.44. The van der Waals surface area contributed by atoms with Crippen molar-refractivity contribution < 1.29 is 4.42 Å². The second kappa shape index (κ2) is 4.42. The molecule has 1 heterocycles. The highest BCUT2D eigenvalue weighted by molar-refractivity contribution is 5.01. The molecule has 0 radical (unpaired) electrons. The average Bonchev–Trinajstić information content (AvgIpc) is 2.64. The number of nitrogens with one attached hydrogen (secondary N) is 1. The molecule has 0 saturated carbocycles. The first-order valence-corrected chi connectivity index (χ1v) is 4.81. The molecule has 2 unspecified atom stereocenters. The highest BCUT2D eigenvalue weighted by Crippen LogP contribution is 2.21. The second-order valence-corrected chi connectivity index (χ2v) is 3.42. The Morgan fingerprint density at radius 1 is 1.54 bits per heavy atom. The minimum absolute atomic E-state index is 0.192. The maximum Gasteiger partial charge on any atom is 0.211 e. The van der Waals surface area contributed by atoms with E-state index in [1.165, 1.54) is 0 Å². The van der Waals surface area contributed by atoms with E-state index in [9.17, 15) is 0 Å². The number of hydrogen-bond acceptors (Lipinski definition) is 3. The molecular weight excluding hydrogens is 164 g/mol. The zero-order valence-corrected chi connectivity index (χ0v) is 8.79. The van der Waals surface area contributed by atoms with Crippen molar-refractivity contribution in [3.05, 3.63) is 17.8 Å². The predicted octanol–water partition coefficient (Wildman–Crippen LogP) is 2.47. The number of nitrogens with zero attached hydrogens (tertiary/aromatic N) is 1. The Morgan fingerprint density at radius 2 is 2.23 bits per heavy atom. The molecule has 13 heavy (non-hydrogen) atoms. The standard InChI is InChI=1S/C10H18N2O/c1-5-7(2)9-6-12-10(13-9)8(3)11-4/h6-8,11H,5H2,1-4H3. The summed E-state index contributed by atoms with van der Waals surface area (Å²) in [5.74, 6) is 2.22. The summed E-state index contributed by atoms with van der Waals surface area (Å²) in [6.45, 7) is 6.33. The van der Waals surface area contributed by atoms with Crippen LogP contribution in [0, 0.1) is 0 Å². The van der Waals surface area contributed by atoms with E-state index in [2.05, 4.69) is 24.1 Å². The fourth-order valence-corrected chi connectivity index (χ4v) is 1.05. The molecule has 0 aliphatic carbocycles. The Bertz CT molecular complexity index is 233. The van der Waals surface area contributed by atoms with Crippen LogP contribution in [-0.4, -0.2) is 12.0 Å². The smallest absolute Gasteiger partial charge is 0.211 e. The second-order valence-electron chi connectivity index (χ2n) is 3.42. The van der Waals surface area contributed by atoms with Gasteiger partial charge in [-0.1, -0.05) is 13.8 Å². The monoisotopic (exact) mass is 182 g/mol. The van der Waals surface area contributed by atoms with Crippen LogP contribution in [0.2, 0.25) is 0 Å². The molecule has 0 amide bonds. The summed E-state index contributed by atoms with van der Waals surface area (Å²) >= 11 is 0. The summed E-state index contributed by atoms with van der Waals surface area (Å²) in [6, 6.07) is 0.192. The van der Waals surface area contributed by atoms with Gasteiger partial charge in [-0.15, -0.1) is 0 Å². The van der Waals surface area contributed by atoms with Crippen molar-refractivity contribution in [2.24, 2.45) is 0 Å². The Kier molecular flexibility index (Phi) is 3.48. The van der Waals surface area contributed by atoms with Crippen LogP contribution >= 0.6 is 0 Å². The Morgan fingerprint density at radius 3 is 2.77 bits per heavy atom. The van der Waals surface area contributed by atoms with Gasteiger partial charge in [-0.3, -0.25) is 0 Å². The van der Waals surface area contributed by atoms with Crippen molar-refractivity contribution in [3.63, 3.8) is 0 Å². The summed E-state index contributed by atoms with van der Waals surface area (Å²) in [4.78, 5) is 4.23. The van der Waals surface area contributed by atoms with E-state index in [-0.39, 0.29) is 6.04 Å². The highest BCUT2D eigenvalue weighted by atomic mass is 16.4. The highest BCUT2D eigenvalue weighted by Gasteiger charge is 2.13. The lowest BCUT2D eigenvalue weighted by atomic mass is 10.1. The van der Waals surface area contributed by atoms with E-state index >= 15 is 0 Å². The summed E-state index contributed by atoms with van der Waals surface area (Å²) in [5, 5.41) is 3.10. The van der Waals surface area contributed by atoms with E-state index in [4.69, 9.17) is 4.42 Å². The van der Waals surface area contributed by atoms with E-state index in [0.29, 0.717) is 5.92 Å². The molecule has 0 fully saturated rings. The van der Waals surface area contributed by atoms with Crippen LogP contribution in [0.15, 0.2) is 10.6 Å². The van der Waals surface area contributed by atoms with Gasteiger partial charge in [0, 0.05) is 5.92 Å². The normalized spacial score (nSPS) is 15.7. The zero-order valence-electron chi connectivity index (χ0n) is 8.79. The summed E-state index contributed by atoms with van der Waals surface area (Å²) in [6.07, 6.45) is 2.92. The van der Waals surface area contributed by atoms with Crippen molar-refractivity contribution in [1.29, 1.82) is 0 Å². The molecule has 0 spiro atoms. The van der Waals surface area contributed by atoms with Gasteiger partial charge < -0.3 is 9.73 Å². The zero-order chi connectivity index (χ0) is 9.84. The SMILES string of the molecule is CCC(C)c1cnc(C(C)NC)o1. The van der Waals surface area contributed by atoms with Crippen LogP contribution in [0.5, 0.6) is 0 Å². The Hall–Kier alpha value is -0.830. The lowest BCUT2D eigenvalue weighted by Gasteiger charge is -2.05. The largest absolute Gasteiger partial charge is 0.444 e. The molecule has 1 aromatic rings. The van der Waals surface area contributed by atoms with Crippen LogP contribution in [0.1, 0.15) is 50.8 Å². The minimum Gasteiger partial charge on any atom is -0.444 e. The van der Waals surface area contributed by atoms with Gasteiger partial charge in [0.2, 0.25) is 5.89 Å². The van der Waals surface area contributed by atoms with Crippen molar-refractivity contribution in [2.45, 2.75) is 39.2 Å². The maximum atomic E-state index is 5.62. The van der Waals surface area contributed by atoms with Crippen molar-refractivity contribution in [2.75, 3.05) is 7.05 Å². The lowest BCUT2D eigenvalue weighted by molar-refractivity contribution is 0.390. The molecular formula is C10H18N2O. The molecule has 0 saturated heterocycles. The van der Waals surface area contributed by atoms with Crippen LogP contribution < -0.4 is 5.32 Å². The fraction of sp³-hybridized carbons (Fsp3) is 0.700. The van der Waals surface area contributed by atoms with E-state index in [1.807, 2.05) is 20.2 Å². The van der Waals surface area contributed by atoms with Crippen molar-refractivity contribution in [3.8, 4) is 0 Å². The molecule has 0 aliphatic heterocycles. The van der Waals surface area contributed by atoms with Crippen molar-refractivity contribution in [1.82, 2.24) is 10.3 Å². The average molecular weight is 182 g/mol. The molecule has 0 bridgehead atoms. The number of rotatable bonds is 4. The summed E-state index contributed by atoms with van der Waals surface area (Å²) in [7, 11) is 1.90. The number of oxazole rings is 1. The van der Waals surface area contributed by atoms with E-state index in [1.54, 1.807) is 0 Å². The summed E-state index contributed by atoms with van der Waals surface area (Å²) < 4.78 is 5.62. The molecule has 0 aromatic carbocycles. The molecule has 2 atom stereocenters. The molecule has 1 rings (SSSR count). The van der Waals surface area contributed by atoms with Gasteiger partial charge in [-0.05, 0) is 20.4 Å². The van der Waals surface area contributed by atoms with Crippen LogP contribution in [0.4, 0.5) is 0 Å². The molecule has 1 aromatic heterocycles. The third kappa shape index (κ3) is 2.31. The first kappa shape index (κ1) is 10.3. The minimum atomic E-state index is 0.192. The van der Waals surface area contributed by atoms with Gasteiger partial charge in [0.15, 0.2) is 0 Å². The molecule has 3 nitrogen and oxygen atoms in total. The van der Waals surface area contributed by atoms with E-state index < -0.39 is 0 Å². The molecule has 0 aliphatic rings. The van der Waals surface area contributed by atoms with Crippen molar-refractivity contribution >= 4 is 0 Å². The number of aromatic nitrogens is 1. The van der Waals surface area contributed by atoms with Crippen LogP contribution in [0.25, 0.3) is 0 Å². The van der Waals surface area contributed by atoms with Gasteiger partial charge in [0.05, 0.1) is 12.2 Å². The maximum absolute atomic E-state index is 5.62. The Labute approximate surface area is 79.5 Å². The number of hydrogen-bond donors (Lipinski definition) is 1. The third-order valence-electron chi connectivity index (χ3n) is 2.44. The Balaban J connectivity index is 2.74. The van der Waals surface area contributed by atoms with Gasteiger partial charge in [-0.2, -0.15) is 0 Å². The van der Waals surface area contributed by atoms with Gasteiger partial charge in [0.1, 0.15) is 5.76 Å². The molecule has 1 N–H and O–H groups in total.